The van der Waals surface area contributed by atoms with Crippen LogP contribution in [-0.2, 0) is 26.2 Å². The summed E-state index contributed by atoms with van der Waals surface area (Å²) in [5.41, 5.74) is 1.09. The average molecular weight is 626 g/mol. The molecule has 2 heterocycles. The lowest BCUT2D eigenvalue weighted by Crippen LogP contribution is -2.61. The number of piperazine rings is 1. The third kappa shape index (κ3) is 5.83. The summed E-state index contributed by atoms with van der Waals surface area (Å²) in [5, 5.41) is -0.0655. The summed E-state index contributed by atoms with van der Waals surface area (Å²) in [7, 11) is -7.56. The summed E-state index contributed by atoms with van der Waals surface area (Å²) in [6.07, 6.45) is -0.755. The van der Waals surface area contributed by atoms with Gasteiger partial charge in [0.05, 0.1) is 40.7 Å². The van der Waals surface area contributed by atoms with E-state index in [9.17, 15) is 30.0 Å². The number of hydrogen-bond donors (Lipinski definition) is 0. The van der Waals surface area contributed by atoms with Crippen molar-refractivity contribution in [3.05, 3.63) is 87.9 Å². The lowest BCUT2D eigenvalue weighted by Gasteiger charge is -2.48. The van der Waals surface area contributed by atoms with E-state index in [4.69, 9.17) is 11.6 Å². The third-order valence-corrected chi connectivity index (χ3v) is 10.6. The van der Waals surface area contributed by atoms with Crippen molar-refractivity contribution in [3.63, 3.8) is 0 Å². The highest BCUT2D eigenvalue weighted by Crippen LogP contribution is 2.41. The van der Waals surface area contributed by atoms with Crippen molar-refractivity contribution in [3.8, 4) is 0 Å². The fraction of sp³-hybridized carbons (Fsp3) is 0.286. The monoisotopic (exact) mass is 625 g/mol. The Balaban J connectivity index is 1.60. The molecule has 0 amide bonds. The SMILES string of the molecule is Cc1cccc(S(=O)(=O)N2C[C@@H]3CN(S(C)(=O)=O)CCN3c3ccc(/C=C/c4c(Cl)cccc4C(F)(F)F)cc32)c1. The molecule has 41 heavy (non-hydrogen) atoms. The quantitative estimate of drug-likeness (QED) is 0.350. The van der Waals surface area contributed by atoms with E-state index < -0.39 is 37.8 Å². The topological polar surface area (TPSA) is 78.0 Å². The van der Waals surface area contributed by atoms with Crippen LogP contribution in [0.2, 0.25) is 5.02 Å². The summed E-state index contributed by atoms with van der Waals surface area (Å²) < 4.78 is 95.9. The summed E-state index contributed by atoms with van der Waals surface area (Å²) >= 11 is 6.11. The maximum Gasteiger partial charge on any atom is 0.417 e. The predicted octanol–water partition coefficient (Wildman–Crippen LogP) is 5.50. The van der Waals surface area contributed by atoms with Gasteiger partial charge in [0.2, 0.25) is 10.0 Å². The van der Waals surface area contributed by atoms with Crippen LogP contribution in [0.15, 0.2) is 65.6 Å². The van der Waals surface area contributed by atoms with Crippen molar-refractivity contribution < 1.29 is 30.0 Å². The van der Waals surface area contributed by atoms with Gasteiger partial charge in [-0.05, 0) is 54.4 Å². The van der Waals surface area contributed by atoms with Crippen LogP contribution >= 0.6 is 11.6 Å². The van der Waals surface area contributed by atoms with E-state index >= 15 is 0 Å². The van der Waals surface area contributed by atoms with Crippen LogP contribution in [0.1, 0.15) is 22.3 Å². The maximum absolute atomic E-state index is 14.0. The first-order valence-electron chi connectivity index (χ1n) is 12.7. The Hall–Kier alpha value is -3.06. The summed E-state index contributed by atoms with van der Waals surface area (Å²) in [6, 6.07) is 14.6. The summed E-state index contributed by atoms with van der Waals surface area (Å²) in [4.78, 5) is 2.07. The first kappa shape index (κ1) is 29.4. The average Bonchev–Trinajstić information content (AvgIpc) is 2.90. The fourth-order valence-corrected chi connectivity index (χ4v) is 7.95. The molecule has 0 radical (unpaired) electrons. The van der Waals surface area contributed by atoms with Crippen molar-refractivity contribution in [1.29, 1.82) is 0 Å². The number of benzene rings is 3. The minimum absolute atomic E-state index is 0.00873. The van der Waals surface area contributed by atoms with E-state index in [2.05, 4.69) is 0 Å². The molecular formula is C28H27ClF3N3O4S2. The highest BCUT2D eigenvalue weighted by Gasteiger charge is 2.41. The van der Waals surface area contributed by atoms with Crippen molar-refractivity contribution in [2.75, 3.05) is 41.6 Å². The molecule has 2 aliphatic rings. The molecule has 0 aromatic heterocycles. The highest BCUT2D eigenvalue weighted by molar-refractivity contribution is 7.92. The second-order valence-corrected chi connectivity index (χ2v) is 14.4. The molecule has 0 unspecified atom stereocenters. The van der Waals surface area contributed by atoms with E-state index in [1.165, 1.54) is 39.0 Å². The lowest BCUT2D eigenvalue weighted by molar-refractivity contribution is -0.137. The van der Waals surface area contributed by atoms with Crippen LogP contribution in [0.5, 0.6) is 0 Å². The number of alkyl halides is 3. The number of halogens is 4. The largest absolute Gasteiger partial charge is 0.417 e. The lowest BCUT2D eigenvalue weighted by atomic mass is 10.0. The van der Waals surface area contributed by atoms with Gasteiger partial charge in [0, 0.05) is 30.2 Å². The van der Waals surface area contributed by atoms with Crippen molar-refractivity contribution in [2.45, 2.75) is 24.0 Å². The molecule has 0 spiro atoms. The van der Waals surface area contributed by atoms with Crippen molar-refractivity contribution in [1.82, 2.24) is 4.31 Å². The van der Waals surface area contributed by atoms with Gasteiger partial charge in [0.15, 0.2) is 0 Å². The van der Waals surface area contributed by atoms with Gasteiger partial charge in [-0.25, -0.2) is 16.8 Å². The van der Waals surface area contributed by atoms with Gasteiger partial charge in [-0.2, -0.15) is 17.5 Å². The first-order valence-corrected chi connectivity index (χ1v) is 16.3. The molecule has 1 fully saturated rings. The van der Waals surface area contributed by atoms with E-state index in [0.717, 1.165) is 17.9 Å². The van der Waals surface area contributed by atoms with Crippen LogP contribution < -0.4 is 9.21 Å². The summed E-state index contributed by atoms with van der Waals surface area (Å²) in [6.45, 7) is 2.49. The van der Waals surface area contributed by atoms with Crippen LogP contribution in [0.25, 0.3) is 12.2 Å². The van der Waals surface area contributed by atoms with E-state index in [-0.39, 0.29) is 35.1 Å². The molecule has 7 nitrogen and oxygen atoms in total. The van der Waals surface area contributed by atoms with Gasteiger partial charge >= 0.3 is 6.18 Å². The molecule has 5 rings (SSSR count). The second-order valence-electron chi connectivity index (χ2n) is 10.1. The first-order chi connectivity index (χ1) is 19.2. The molecule has 0 saturated carbocycles. The maximum atomic E-state index is 14.0. The normalized spacial score (nSPS) is 18.4. The molecule has 3 aromatic carbocycles. The predicted molar refractivity (Wildman–Crippen MR) is 155 cm³/mol. The number of aryl methyl sites for hydroxylation is 1. The zero-order valence-corrected chi connectivity index (χ0v) is 24.5. The second kappa shape index (κ2) is 10.6. The molecule has 218 valence electrons. The van der Waals surface area contributed by atoms with Gasteiger partial charge in [0.1, 0.15) is 0 Å². The fourth-order valence-electron chi connectivity index (χ4n) is 5.24. The number of nitrogens with zero attached hydrogens (tertiary/aromatic N) is 3. The number of anilines is 2. The third-order valence-electron chi connectivity index (χ3n) is 7.25. The molecule has 1 atom stereocenters. The number of hydrogen-bond acceptors (Lipinski definition) is 5. The number of rotatable bonds is 5. The van der Waals surface area contributed by atoms with Gasteiger partial charge in [0.25, 0.3) is 10.0 Å². The molecule has 2 aliphatic heterocycles. The minimum atomic E-state index is -4.61. The molecule has 0 bridgehead atoms. The molecule has 1 saturated heterocycles. The zero-order chi connectivity index (χ0) is 29.7. The van der Waals surface area contributed by atoms with Gasteiger partial charge < -0.3 is 4.90 Å². The Labute approximate surface area is 242 Å². The van der Waals surface area contributed by atoms with Gasteiger partial charge in [-0.15, -0.1) is 0 Å². The van der Waals surface area contributed by atoms with E-state index in [1.54, 1.807) is 43.3 Å². The van der Waals surface area contributed by atoms with Crippen LogP contribution in [0, 0.1) is 6.92 Å². The van der Waals surface area contributed by atoms with Crippen LogP contribution in [0.3, 0.4) is 0 Å². The van der Waals surface area contributed by atoms with Crippen molar-refractivity contribution >= 4 is 55.2 Å². The van der Waals surface area contributed by atoms with Crippen molar-refractivity contribution in [2.24, 2.45) is 0 Å². The van der Waals surface area contributed by atoms with E-state index in [0.29, 0.717) is 23.5 Å². The minimum Gasteiger partial charge on any atom is -0.362 e. The summed E-state index contributed by atoms with van der Waals surface area (Å²) in [5.74, 6) is 0. The number of fused-ring (bicyclic) bond motifs is 3. The van der Waals surface area contributed by atoms with E-state index in [1.807, 2.05) is 4.90 Å². The smallest absolute Gasteiger partial charge is 0.362 e. The Morgan fingerprint density at radius 2 is 1.63 bits per heavy atom. The molecule has 3 aromatic rings. The van der Waals surface area contributed by atoms with Crippen LogP contribution in [-0.4, -0.2) is 59.6 Å². The number of sulfonamides is 2. The molecular weight excluding hydrogens is 599 g/mol. The molecule has 13 heteroatoms. The Bertz CT molecular complexity index is 1740. The van der Waals surface area contributed by atoms with Gasteiger partial charge in [-0.3, -0.25) is 4.31 Å². The standard InChI is InChI=1S/C28H27ClF3N3O4S2/c1-19-5-3-6-22(15-19)41(38,39)35-18-21-17-33(40(2,36)37)13-14-34(21)26-12-10-20(16-27(26)35)9-11-23-24(28(30,31)32)7-4-8-25(23)29/h3-12,15-16,21H,13-14,17-18H2,1-2H3/b11-9+/t21-/m0/s1. The molecule has 0 N–H and O–H groups in total. The highest BCUT2D eigenvalue weighted by atomic mass is 35.5. The van der Waals surface area contributed by atoms with Crippen LogP contribution in [0.4, 0.5) is 24.5 Å². The zero-order valence-electron chi connectivity index (χ0n) is 22.1. The Morgan fingerprint density at radius 1 is 0.902 bits per heavy atom. The Morgan fingerprint density at radius 3 is 2.32 bits per heavy atom. The molecule has 0 aliphatic carbocycles. The Kier molecular flexibility index (Phi) is 7.64. The van der Waals surface area contributed by atoms with Gasteiger partial charge in [-0.1, -0.05) is 48.0 Å².